The minimum atomic E-state index is -0.706. The van der Waals surface area contributed by atoms with Crippen LogP contribution in [0.15, 0.2) is 36.7 Å². The number of carbonyl (C=O) groups excluding carboxylic acids is 1. The van der Waals surface area contributed by atoms with E-state index in [1.165, 1.54) is 0 Å². The van der Waals surface area contributed by atoms with Crippen LogP contribution >= 0.6 is 0 Å². The van der Waals surface area contributed by atoms with Crippen LogP contribution in [0.3, 0.4) is 0 Å². The summed E-state index contributed by atoms with van der Waals surface area (Å²) < 4.78 is 0. The van der Waals surface area contributed by atoms with E-state index in [-0.39, 0.29) is 11.4 Å². The highest BCUT2D eigenvalue weighted by Gasteiger charge is 2.22. The molecule has 0 bridgehead atoms. The summed E-state index contributed by atoms with van der Waals surface area (Å²) in [7, 11) is 2.11. The standard InChI is InChI=1S/C23H25N9O/c1-13-3-4-16-15(12-27-30-16)18(13)20-19(24)21(22(25)33)29-23(28-20)14-5-6-26-17(11-14)32-9-7-31(2)8-10-32/h3-6,11-12H,7-10,24H2,1-2H3,(H2,25,33)(H,27,30). The molecule has 1 fully saturated rings. The Kier molecular flexibility index (Phi) is 5.14. The van der Waals surface area contributed by atoms with Crippen LogP contribution < -0.4 is 16.4 Å². The van der Waals surface area contributed by atoms with Crippen molar-refractivity contribution >= 4 is 28.3 Å². The molecular weight excluding hydrogens is 418 g/mol. The van der Waals surface area contributed by atoms with Gasteiger partial charge in [-0.2, -0.15) is 5.10 Å². The molecular formula is C23H25N9O. The zero-order chi connectivity index (χ0) is 23.1. The number of aromatic amines is 1. The number of anilines is 2. The lowest BCUT2D eigenvalue weighted by Gasteiger charge is -2.33. The quantitative estimate of drug-likeness (QED) is 0.433. The second-order valence-electron chi connectivity index (χ2n) is 8.30. The van der Waals surface area contributed by atoms with Gasteiger partial charge in [-0.1, -0.05) is 6.07 Å². The van der Waals surface area contributed by atoms with Crippen molar-refractivity contribution in [3.8, 4) is 22.6 Å². The van der Waals surface area contributed by atoms with Gasteiger partial charge in [0.2, 0.25) is 0 Å². The van der Waals surface area contributed by atoms with Crippen molar-refractivity contribution in [2.45, 2.75) is 6.92 Å². The number of nitrogen functional groups attached to an aromatic ring is 1. The molecule has 1 amide bonds. The average molecular weight is 444 g/mol. The van der Waals surface area contributed by atoms with Crippen LogP contribution in [-0.4, -0.2) is 69.2 Å². The zero-order valence-electron chi connectivity index (χ0n) is 18.5. The number of hydrogen-bond donors (Lipinski definition) is 3. The third kappa shape index (κ3) is 3.74. The van der Waals surface area contributed by atoms with E-state index < -0.39 is 5.91 Å². The highest BCUT2D eigenvalue weighted by atomic mass is 16.1. The third-order valence-electron chi connectivity index (χ3n) is 6.08. The molecule has 0 radical (unpaired) electrons. The Morgan fingerprint density at radius 1 is 1.12 bits per heavy atom. The van der Waals surface area contributed by atoms with Crippen LogP contribution in [0.5, 0.6) is 0 Å². The molecule has 0 atom stereocenters. The first-order valence-electron chi connectivity index (χ1n) is 10.7. The second-order valence-corrected chi connectivity index (χ2v) is 8.30. The van der Waals surface area contributed by atoms with E-state index in [1.807, 2.05) is 31.2 Å². The van der Waals surface area contributed by atoms with Crippen LogP contribution in [0.1, 0.15) is 16.1 Å². The Bertz CT molecular complexity index is 1360. The topological polar surface area (TPSA) is 143 Å². The largest absolute Gasteiger partial charge is 0.395 e. The SMILES string of the molecule is Cc1ccc2[nH]ncc2c1-c1nc(-c2ccnc(N3CCN(C)CC3)c2)nc(C(N)=O)c1N. The van der Waals surface area contributed by atoms with Crippen LogP contribution in [-0.2, 0) is 0 Å². The molecule has 0 spiro atoms. The molecule has 10 heteroatoms. The van der Waals surface area contributed by atoms with E-state index in [0.717, 1.165) is 59.6 Å². The lowest BCUT2D eigenvalue weighted by molar-refractivity contribution is 0.0996. The van der Waals surface area contributed by atoms with Crippen molar-refractivity contribution in [2.75, 3.05) is 43.9 Å². The molecule has 1 aromatic carbocycles. The summed E-state index contributed by atoms with van der Waals surface area (Å²) in [4.78, 5) is 30.5. The Balaban J connectivity index is 1.66. The molecule has 0 saturated carbocycles. The third-order valence-corrected chi connectivity index (χ3v) is 6.08. The Hall–Kier alpha value is -4.05. The molecule has 0 aliphatic carbocycles. The van der Waals surface area contributed by atoms with Gasteiger partial charge in [-0.15, -0.1) is 0 Å². The number of fused-ring (bicyclic) bond motifs is 1. The predicted molar refractivity (Wildman–Crippen MR) is 128 cm³/mol. The van der Waals surface area contributed by atoms with Crippen molar-refractivity contribution in [1.29, 1.82) is 0 Å². The van der Waals surface area contributed by atoms with E-state index in [4.69, 9.17) is 16.5 Å². The Morgan fingerprint density at radius 2 is 1.91 bits per heavy atom. The molecule has 168 valence electrons. The number of likely N-dealkylation sites (N-methyl/N-ethyl adjacent to an activating group) is 1. The molecule has 1 aliphatic heterocycles. The molecule has 4 aromatic rings. The number of amides is 1. The summed E-state index contributed by atoms with van der Waals surface area (Å²) in [5.41, 5.74) is 15.9. The summed E-state index contributed by atoms with van der Waals surface area (Å²) in [6, 6.07) is 7.67. The Morgan fingerprint density at radius 3 is 2.67 bits per heavy atom. The second kappa shape index (κ2) is 8.14. The van der Waals surface area contributed by atoms with Gasteiger partial charge in [0.1, 0.15) is 5.82 Å². The minimum Gasteiger partial charge on any atom is -0.395 e. The minimum absolute atomic E-state index is 0.00661. The van der Waals surface area contributed by atoms with Gasteiger partial charge in [0.15, 0.2) is 11.5 Å². The highest BCUT2D eigenvalue weighted by Crippen LogP contribution is 2.36. The number of nitrogens with zero attached hydrogens (tertiary/aromatic N) is 6. The first-order valence-corrected chi connectivity index (χ1v) is 10.7. The van der Waals surface area contributed by atoms with E-state index in [9.17, 15) is 4.79 Å². The van der Waals surface area contributed by atoms with E-state index in [1.54, 1.807) is 12.4 Å². The summed E-state index contributed by atoms with van der Waals surface area (Å²) in [6.07, 6.45) is 3.45. The fourth-order valence-electron chi connectivity index (χ4n) is 4.18. The maximum Gasteiger partial charge on any atom is 0.269 e. The summed E-state index contributed by atoms with van der Waals surface area (Å²) in [6.45, 7) is 5.66. The van der Waals surface area contributed by atoms with Crippen molar-refractivity contribution < 1.29 is 4.79 Å². The molecule has 10 nitrogen and oxygen atoms in total. The fraction of sp³-hybridized carbons (Fsp3) is 0.261. The normalized spacial score (nSPS) is 14.7. The van der Waals surface area contributed by atoms with Gasteiger partial charge in [0, 0.05) is 48.9 Å². The van der Waals surface area contributed by atoms with Gasteiger partial charge < -0.3 is 21.3 Å². The van der Waals surface area contributed by atoms with Gasteiger partial charge in [-0.25, -0.2) is 15.0 Å². The molecule has 3 aromatic heterocycles. The van der Waals surface area contributed by atoms with Gasteiger partial charge in [-0.3, -0.25) is 9.89 Å². The average Bonchev–Trinajstić information content (AvgIpc) is 3.29. The summed E-state index contributed by atoms with van der Waals surface area (Å²) in [5, 5.41) is 7.97. The maximum atomic E-state index is 12.2. The number of pyridine rings is 1. The first kappa shape index (κ1) is 20.8. The molecule has 4 heterocycles. The molecule has 5 rings (SSSR count). The summed E-state index contributed by atoms with van der Waals surface area (Å²) >= 11 is 0. The van der Waals surface area contributed by atoms with E-state index in [0.29, 0.717) is 11.5 Å². The van der Waals surface area contributed by atoms with Gasteiger partial charge in [-0.05, 0) is 37.7 Å². The van der Waals surface area contributed by atoms with Gasteiger partial charge in [0.25, 0.3) is 5.91 Å². The molecule has 33 heavy (non-hydrogen) atoms. The Labute approximate surface area is 190 Å². The number of carbonyl (C=O) groups is 1. The lowest BCUT2D eigenvalue weighted by Crippen LogP contribution is -2.44. The lowest BCUT2D eigenvalue weighted by atomic mass is 9.99. The number of aromatic nitrogens is 5. The summed E-state index contributed by atoms with van der Waals surface area (Å²) in [5.74, 6) is 0.504. The molecule has 1 aliphatic rings. The van der Waals surface area contributed by atoms with Crippen molar-refractivity contribution in [2.24, 2.45) is 5.73 Å². The van der Waals surface area contributed by atoms with Gasteiger partial charge in [0.05, 0.1) is 23.1 Å². The van der Waals surface area contributed by atoms with Crippen LogP contribution in [0.4, 0.5) is 11.5 Å². The number of nitrogens with one attached hydrogen (secondary N) is 1. The van der Waals surface area contributed by atoms with Crippen LogP contribution in [0.25, 0.3) is 33.5 Å². The van der Waals surface area contributed by atoms with Gasteiger partial charge >= 0.3 is 0 Å². The van der Waals surface area contributed by atoms with Crippen molar-refractivity contribution in [3.63, 3.8) is 0 Å². The number of H-pyrrole nitrogens is 1. The molecule has 5 N–H and O–H groups in total. The van der Waals surface area contributed by atoms with Crippen molar-refractivity contribution in [3.05, 3.63) is 47.9 Å². The number of piperazine rings is 1. The van der Waals surface area contributed by atoms with E-state index >= 15 is 0 Å². The van der Waals surface area contributed by atoms with Crippen molar-refractivity contribution in [1.82, 2.24) is 30.0 Å². The molecule has 0 unspecified atom stereocenters. The number of benzene rings is 1. The highest BCUT2D eigenvalue weighted by molar-refractivity contribution is 6.04. The smallest absolute Gasteiger partial charge is 0.269 e. The van der Waals surface area contributed by atoms with E-state index in [2.05, 4.69) is 37.0 Å². The predicted octanol–water partition coefficient (Wildman–Crippen LogP) is 1.82. The number of rotatable bonds is 4. The number of nitrogens with two attached hydrogens (primary N) is 2. The monoisotopic (exact) mass is 443 g/mol. The number of primary amides is 1. The van der Waals surface area contributed by atoms with Crippen LogP contribution in [0.2, 0.25) is 0 Å². The number of aryl methyl sites for hydroxylation is 1. The van der Waals surface area contributed by atoms with Crippen LogP contribution in [0, 0.1) is 6.92 Å². The first-order chi connectivity index (χ1) is 15.9. The molecule has 1 saturated heterocycles. The maximum absolute atomic E-state index is 12.2. The zero-order valence-corrected chi connectivity index (χ0v) is 18.5. The fourth-order valence-corrected chi connectivity index (χ4v) is 4.18. The number of hydrogen-bond acceptors (Lipinski definition) is 8.